The third-order valence-corrected chi connectivity index (χ3v) is 10.6. The average Bonchev–Trinajstić information content (AvgIpc) is 3.16. The van der Waals surface area contributed by atoms with Crippen molar-refractivity contribution in [2.45, 2.75) is 219 Å². The van der Waals surface area contributed by atoms with Crippen LogP contribution < -0.4 is 5.32 Å². The standard InChI is InChI=1S/C44H84NO8P/c1-3-5-7-9-11-13-15-17-19-20-21-22-23-25-27-29-31-33-35-37-44(48)51-40-42(46)41-53-54(49,50)52-39-38-45-43(47)36-34-32-30-28-26-24-18-16-14-12-10-8-6-4-2/h16-19,42,46H,3-15,20-41H2,1-2H3,(H,45,47)(H,49,50)/b18-16-,19-17+. The molecular formula is C44H84NO8P. The first-order valence-electron chi connectivity index (χ1n) is 22.3. The number of amides is 1. The van der Waals surface area contributed by atoms with Crippen molar-refractivity contribution in [3.05, 3.63) is 24.3 Å². The van der Waals surface area contributed by atoms with Gasteiger partial charge < -0.3 is 20.1 Å². The number of rotatable bonds is 42. The van der Waals surface area contributed by atoms with E-state index in [9.17, 15) is 24.2 Å². The lowest BCUT2D eigenvalue weighted by Gasteiger charge is -2.15. The smallest absolute Gasteiger partial charge is 0.463 e. The molecule has 0 heterocycles. The molecule has 318 valence electrons. The van der Waals surface area contributed by atoms with Gasteiger partial charge in [0.15, 0.2) is 0 Å². The van der Waals surface area contributed by atoms with Gasteiger partial charge in [0, 0.05) is 19.4 Å². The fraction of sp³-hybridized carbons (Fsp3) is 0.864. The highest BCUT2D eigenvalue weighted by Crippen LogP contribution is 2.42. The van der Waals surface area contributed by atoms with E-state index in [0.29, 0.717) is 6.42 Å². The Morgan fingerprint density at radius 1 is 0.556 bits per heavy atom. The molecule has 54 heavy (non-hydrogen) atoms. The molecule has 0 saturated heterocycles. The summed E-state index contributed by atoms with van der Waals surface area (Å²) in [4.78, 5) is 33.9. The van der Waals surface area contributed by atoms with Gasteiger partial charge in [-0.2, -0.15) is 0 Å². The zero-order valence-electron chi connectivity index (χ0n) is 34.9. The van der Waals surface area contributed by atoms with E-state index in [1.807, 2.05) is 0 Å². The van der Waals surface area contributed by atoms with Crippen LogP contribution in [0.1, 0.15) is 213 Å². The zero-order chi connectivity index (χ0) is 39.6. The van der Waals surface area contributed by atoms with E-state index < -0.39 is 26.5 Å². The van der Waals surface area contributed by atoms with Gasteiger partial charge in [0.05, 0.1) is 13.2 Å². The number of esters is 1. The number of aliphatic hydroxyl groups excluding tert-OH is 1. The molecule has 2 atom stereocenters. The zero-order valence-corrected chi connectivity index (χ0v) is 35.8. The first-order chi connectivity index (χ1) is 26.3. The van der Waals surface area contributed by atoms with Crippen LogP contribution in [0, 0.1) is 0 Å². The van der Waals surface area contributed by atoms with Crippen LogP contribution in [-0.4, -0.2) is 54.3 Å². The van der Waals surface area contributed by atoms with Crippen LogP contribution in [0.25, 0.3) is 0 Å². The first-order valence-corrected chi connectivity index (χ1v) is 23.8. The number of hydrogen-bond donors (Lipinski definition) is 3. The highest BCUT2D eigenvalue weighted by atomic mass is 31.2. The number of carbonyl (C=O) groups is 2. The molecule has 0 bridgehead atoms. The molecule has 9 nitrogen and oxygen atoms in total. The van der Waals surface area contributed by atoms with Gasteiger partial charge in [-0.05, 0) is 64.2 Å². The first kappa shape index (κ1) is 52.5. The third kappa shape index (κ3) is 41.6. The molecule has 0 aromatic carbocycles. The van der Waals surface area contributed by atoms with E-state index in [-0.39, 0.29) is 32.1 Å². The predicted molar refractivity (Wildman–Crippen MR) is 224 cm³/mol. The van der Waals surface area contributed by atoms with Gasteiger partial charge in [0.2, 0.25) is 5.91 Å². The van der Waals surface area contributed by atoms with E-state index >= 15 is 0 Å². The van der Waals surface area contributed by atoms with E-state index in [1.54, 1.807) is 0 Å². The number of nitrogens with one attached hydrogen (secondary N) is 1. The largest absolute Gasteiger partial charge is 0.472 e. The fourth-order valence-corrected chi connectivity index (χ4v) is 6.95. The summed E-state index contributed by atoms with van der Waals surface area (Å²) in [5, 5.41) is 12.7. The molecule has 0 aliphatic rings. The Hall–Kier alpha value is -1.51. The minimum Gasteiger partial charge on any atom is -0.463 e. The quantitative estimate of drug-likeness (QED) is 0.0241. The summed E-state index contributed by atoms with van der Waals surface area (Å²) in [5.74, 6) is -0.523. The molecule has 0 aromatic heterocycles. The number of aliphatic hydroxyl groups is 1. The Labute approximate surface area is 331 Å². The number of hydrogen-bond acceptors (Lipinski definition) is 7. The van der Waals surface area contributed by atoms with Gasteiger partial charge in [-0.25, -0.2) is 4.57 Å². The lowest BCUT2D eigenvalue weighted by Crippen LogP contribution is -2.27. The second kappa shape index (κ2) is 41.1. The SMILES string of the molecule is CCCCCCC/C=C\CCCCCCCC(=O)NCCOP(=O)(O)OCC(O)COC(=O)CCCCCCCCCCC/C=C/CCCCCCCC. The van der Waals surface area contributed by atoms with Crippen LogP contribution in [0.3, 0.4) is 0 Å². The number of carbonyl (C=O) groups excluding carboxylic acids is 2. The van der Waals surface area contributed by atoms with Crippen molar-refractivity contribution < 1.29 is 37.9 Å². The normalized spacial score (nSPS) is 13.5. The number of ether oxygens (including phenoxy) is 1. The maximum Gasteiger partial charge on any atom is 0.472 e. The molecular weight excluding hydrogens is 701 g/mol. The van der Waals surface area contributed by atoms with Crippen molar-refractivity contribution in [1.82, 2.24) is 5.32 Å². The monoisotopic (exact) mass is 786 g/mol. The molecule has 3 N–H and O–H groups in total. The van der Waals surface area contributed by atoms with Crippen molar-refractivity contribution in [3.8, 4) is 0 Å². The maximum absolute atomic E-state index is 12.1. The number of phosphoric ester groups is 1. The molecule has 0 aliphatic heterocycles. The van der Waals surface area contributed by atoms with Crippen LogP contribution in [-0.2, 0) is 27.9 Å². The van der Waals surface area contributed by atoms with Gasteiger partial charge in [0.1, 0.15) is 12.7 Å². The van der Waals surface area contributed by atoms with Gasteiger partial charge in [-0.3, -0.25) is 18.6 Å². The number of phosphoric acid groups is 1. The number of allylic oxidation sites excluding steroid dienone is 4. The van der Waals surface area contributed by atoms with Crippen molar-refractivity contribution in [2.24, 2.45) is 0 Å². The van der Waals surface area contributed by atoms with Gasteiger partial charge in [0.25, 0.3) is 0 Å². The van der Waals surface area contributed by atoms with Crippen LogP contribution in [0.15, 0.2) is 24.3 Å². The molecule has 0 rings (SSSR count). The topological polar surface area (TPSA) is 131 Å². The maximum atomic E-state index is 12.1. The predicted octanol–water partition coefficient (Wildman–Crippen LogP) is 12.4. The lowest BCUT2D eigenvalue weighted by molar-refractivity contribution is -0.147. The van der Waals surface area contributed by atoms with E-state index in [2.05, 4.69) is 43.5 Å². The average molecular weight is 786 g/mol. The molecule has 0 radical (unpaired) electrons. The second-order valence-corrected chi connectivity index (χ2v) is 16.5. The van der Waals surface area contributed by atoms with E-state index in [0.717, 1.165) is 51.4 Å². The highest BCUT2D eigenvalue weighted by molar-refractivity contribution is 7.47. The third-order valence-electron chi connectivity index (χ3n) is 9.60. The second-order valence-electron chi connectivity index (χ2n) is 15.0. The summed E-state index contributed by atoms with van der Waals surface area (Å²) in [5.41, 5.74) is 0. The molecule has 1 amide bonds. The van der Waals surface area contributed by atoms with Crippen LogP contribution in [0.2, 0.25) is 0 Å². The Balaban J connectivity index is 3.58. The molecule has 0 saturated carbocycles. The Kier molecular flexibility index (Phi) is 40.0. The molecule has 0 spiro atoms. The van der Waals surface area contributed by atoms with E-state index in [4.69, 9.17) is 13.8 Å². The molecule has 2 unspecified atom stereocenters. The lowest BCUT2D eigenvalue weighted by atomic mass is 10.1. The van der Waals surface area contributed by atoms with Crippen molar-refractivity contribution in [2.75, 3.05) is 26.4 Å². The number of unbranched alkanes of at least 4 members (excludes halogenated alkanes) is 25. The van der Waals surface area contributed by atoms with Crippen molar-refractivity contribution >= 4 is 19.7 Å². The molecule has 10 heteroatoms. The van der Waals surface area contributed by atoms with Gasteiger partial charge in [-0.15, -0.1) is 0 Å². The Bertz CT molecular complexity index is 944. The summed E-state index contributed by atoms with van der Waals surface area (Å²) in [7, 11) is -4.42. The molecule has 0 aromatic rings. The van der Waals surface area contributed by atoms with Gasteiger partial charge >= 0.3 is 13.8 Å². The Morgan fingerprint density at radius 3 is 1.39 bits per heavy atom. The molecule has 0 aliphatic carbocycles. The highest BCUT2D eigenvalue weighted by Gasteiger charge is 2.23. The summed E-state index contributed by atoms with van der Waals surface area (Å²) >= 11 is 0. The minimum absolute atomic E-state index is 0.0787. The van der Waals surface area contributed by atoms with Crippen LogP contribution in [0.5, 0.6) is 0 Å². The summed E-state index contributed by atoms with van der Waals surface area (Å²) in [6, 6.07) is 0. The minimum atomic E-state index is -4.42. The summed E-state index contributed by atoms with van der Waals surface area (Å²) in [6.45, 7) is 3.54. The molecule has 0 fully saturated rings. The summed E-state index contributed by atoms with van der Waals surface area (Å²) < 4.78 is 26.9. The van der Waals surface area contributed by atoms with E-state index in [1.165, 1.54) is 135 Å². The fourth-order valence-electron chi connectivity index (χ4n) is 6.19. The summed E-state index contributed by atoms with van der Waals surface area (Å²) in [6.07, 6.45) is 43.9. The Morgan fingerprint density at radius 2 is 0.944 bits per heavy atom. The van der Waals surface area contributed by atoms with Crippen LogP contribution >= 0.6 is 7.82 Å². The van der Waals surface area contributed by atoms with Crippen LogP contribution in [0.4, 0.5) is 0 Å². The van der Waals surface area contributed by atoms with Crippen molar-refractivity contribution in [3.63, 3.8) is 0 Å². The van der Waals surface area contributed by atoms with Gasteiger partial charge in [-0.1, -0.05) is 160 Å². The van der Waals surface area contributed by atoms with Crippen molar-refractivity contribution in [1.29, 1.82) is 0 Å².